The third kappa shape index (κ3) is 4.65. The minimum absolute atomic E-state index is 0.136. The predicted molar refractivity (Wildman–Crippen MR) is 135 cm³/mol. The number of nitrogens with zero attached hydrogens (tertiary/aromatic N) is 2. The first-order valence-corrected chi connectivity index (χ1v) is 11.4. The Bertz CT molecular complexity index is 1370. The van der Waals surface area contributed by atoms with Crippen molar-refractivity contribution in [3.63, 3.8) is 0 Å². The first kappa shape index (κ1) is 22.7. The number of anilines is 2. The van der Waals surface area contributed by atoms with E-state index in [-0.39, 0.29) is 29.0 Å². The Morgan fingerprint density at radius 1 is 1.03 bits per heavy atom. The highest BCUT2D eigenvalue weighted by Crippen LogP contribution is 2.39. The highest BCUT2D eigenvalue weighted by atomic mass is 32.1. The molecule has 0 fully saturated rings. The summed E-state index contributed by atoms with van der Waals surface area (Å²) in [5, 5.41) is 12.5. The summed E-state index contributed by atoms with van der Waals surface area (Å²) < 4.78 is 28.9. The zero-order chi connectivity index (χ0) is 24.4. The van der Waals surface area contributed by atoms with Gasteiger partial charge in [0.05, 0.1) is 12.2 Å². The van der Waals surface area contributed by atoms with Gasteiger partial charge in [0.2, 0.25) is 0 Å². The maximum atomic E-state index is 13.8. The molecule has 4 aromatic rings. The van der Waals surface area contributed by atoms with E-state index in [1.54, 1.807) is 0 Å². The van der Waals surface area contributed by atoms with Gasteiger partial charge in [0.1, 0.15) is 17.4 Å². The number of hydrazine groups is 1. The van der Waals surface area contributed by atoms with Crippen molar-refractivity contribution < 1.29 is 13.6 Å². The van der Waals surface area contributed by atoms with Crippen LogP contribution in [0.4, 0.5) is 20.3 Å². The van der Waals surface area contributed by atoms with Gasteiger partial charge in [-0.3, -0.25) is 15.6 Å². The molecule has 178 valence electrons. The first-order valence-electron chi connectivity index (χ1n) is 11.0. The number of benzene rings is 3. The van der Waals surface area contributed by atoms with Crippen molar-refractivity contribution in [3.8, 4) is 0 Å². The molecule has 35 heavy (non-hydrogen) atoms. The van der Waals surface area contributed by atoms with E-state index < -0.39 is 18.4 Å². The molecule has 1 aliphatic rings. The average Bonchev–Trinajstić information content (AvgIpc) is 3.31. The SMILES string of the molecule is O=C(NNC(=S)Nc1cccc2ccccc12)c1cnn2c1N[C@@H](c1ccccc1)C[C@@H]2C(F)F. The summed E-state index contributed by atoms with van der Waals surface area (Å²) >= 11 is 5.33. The average molecular weight is 493 g/mol. The number of carbonyl (C=O) groups excluding carboxylic acids is 1. The molecule has 1 aliphatic heterocycles. The number of hydrogen-bond donors (Lipinski definition) is 4. The third-order valence-electron chi connectivity index (χ3n) is 5.96. The van der Waals surface area contributed by atoms with Crippen LogP contribution in [0.25, 0.3) is 10.8 Å². The van der Waals surface area contributed by atoms with Crippen molar-refractivity contribution in [2.24, 2.45) is 0 Å². The molecule has 7 nitrogen and oxygen atoms in total. The first-order chi connectivity index (χ1) is 17.0. The van der Waals surface area contributed by atoms with Crippen molar-refractivity contribution in [2.75, 3.05) is 10.6 Å². The van der Waals surface area contributed by atoms with Gasteiger partial charge in [-0.25, -0.2) is 13.5 Å². The standard InChI is InChI=1S/C25H22F2N6OS/c26-22(27)21-13-20(16-8-2-1-3-9-16)29-23-18(14-28-33(21)23)24(34)31-32-25(35)30-19-12-6-10-15-7-4-5-11-17(15)19/h1-12,14,20-22,29H,13H2,(H,31,34)(H2,30,32,35)/t20-,21-/m1/s1. The maximum absolute atomic E-state index is 13.8. The summed E-state index contributed by atoms with van der Waals surface area (Å²) in [5.41, 5.74) is 6.98. The van der Waals surface area contributed by atoms with E-state index in [2.05, 4.69) is 26.6 Å². The van der Waals surface area contributed by atoms with Gasteiger partial charge in [-0.05, 0) is 35.7 Å². The summed E-state index contributed by atoms with van der Waals surface area (Å²) in [6, 6.07) is 21.4. The van der Waals surface area contributed by atoms with E-state index in [1.165, 1.54) is 10.9 Å². The van der Waals surface area contributed by atoms with Gasteiger partial charge in [0.15, 0.2) is 5.11 Å². The van der Waals surface area contributed by atoms with Crippen LogP contribution in [0.15, 0.2) is 79.0 Å². The van der Waals surface area contributed by atoms with E-state index >= 15 is 0 Å². The number of aromatic nitrogens is 2. The fourth-order valence-electron chi connectivity index (χ4n) is 4.27. The number of rotatable bonds is 4. The summed E-state index contributed by atoms with van der Waals surface area (Å²) in [7, 11) is 0. The second-order valence-corrected chi connectivity index (χ2v) is 8.56. The van der Waals surface area contributed by atoms with Crippen LogP contribution in [0.5, 0.6) is 0 Å². The molecule has 1 amide bonds. The third-order valence-corrected chi connectivity index (χ3v) is 6.17. The molecule has 3 aromatic carbocycles. The van der Waals surface area contributed by atoms with Crippen LogP contribution in [0.2, 0.25) is 0 Å². The van der Waals surface area contributed by atoms with Crippen LogP contribution in [0.3, 0.4) is 0 Å². The van der Waals surface area contributed by atoms with Gasteiger partial charge in [0, 0.05) is 11.1 Å². The molecule has 1 aromatic heterocycles. The number of thiocarbonyl (C=S) groups is 1. The van der Waals surface area contributed by atoms with Crippen molar-refractivity contribution in [1.82, 2.24) is 20.6 Å². The molecule has 10 heteroatoms. The van der Waals surface area contributed by atoms with Gasteiger partial charge in [0.25, 0.3) is 12.3 Å². The van der Waals surface area contributed by atoms with Crippen LogP contribution < -0.4 is 21.5 Å². The molecule has 4 N–H and O–H groups in total. The van der Waals surface area contributed by atoms with Crippen molar-refractivity contribution in [1.29, 1.82) is 0 Å². The normalized spacial score (nSPS) is 16.9. The van der Waals surface area contributed by atoms with E-state index in [4.69, 9.17) is 12.2 Å². The minimum Gasteiger partial charge on any atom is -0.363 e. The number of alkyl halides is 2. The number of carbonyl (C=O) groups is 1. The van der Waals surface area contributed by atoms with Gasteiger partial charge in [-0.2, -0.15) is 5.10 Å². The number of fused-ring (bicyclic) bond motifs is 2. The molecule has 0 saturated heterocycles. The highest BCUT2D eigenvalue weighted by molar-refractivity contribution is 7.80. The fraction of sp³-hybridized carbons (Fsp3) is 0.160. The predicted octanol–water partition coefficient (Wildman–Crippen LogP) is 5.03. The molecule has 5 rings (SSSR count). The molecule has 0 unspecified atom stereocenters. The molecule has 2 heterocycles. The van der Waals surface area contributed by atoms with Gasteiger partial charge >= 0.3 is 0 Å². The summed E-state index contributed by atoms with van der Waals surface area (Å²) in [5.74, 6) is -0.315. The maximum Gasteiger partial charge on any atom is 0.275 e. The largest absolute Gasteiger partial charge is 0.363 e. The van der Waals surface area contributed by atoms with E-state index in [1.807, 2.05) is 72.8 Å². The van der Waals surface area contributed by atoms with Crippen LogP contribution in [-0.4, -0.2) is 27.2 Å². The summed E-state index contributed by atoms with van der Waals surface area (Å²) in [6.45, 7) is 0. The second kappa shape index (κ2) is 9.67. The fourth-order valence-corrected chi connectivity index (χ4v) is 4.43. The number of hydrogen-bond acceptors (Lipinski definition) is 4. The van der Waals surface area contributed by atoms with Crippen molar-refractivity contribution in [3.05, 3.63) is 90.1 Å². The molecule has 0 aliphatic carbocycles. The number of nitrogens with one attached hydrogen (secondary N) is 4. The van der Waals surface area contributed by atoms with Gasteiger partial charge in [-0.15, -0.1) is 0 Å². The van der Waals surface area contributed by atoms with Gasteiger partial charge in [-0.1, -0.05) is 66.7 Å². The van der Waals surface area contributed by atoms with Crippen LogP contribution in [-0.2, 0) is 0 Å². The lowest BCUT2D eigenvalue weighted by molar-refractivity contribution is 0.0656. The zero-order valence-electron chi connectivity index (χ0n) is 18.4. The highest BCUT2D eigenvalue weighted by Gasteiger charge is 2.36. The summed E-state index contributed by atoms with van der Waals surface area (Å²) in [6.07, 6.45) is -1.20. The topological polar surface area (TPSA) is 83.0 Å². The quantitative estimate of drug-likeness (QED) is 0.236. The molecule has 2 atom stereocenters. The Hall–Kier alpha value is -4.05. The van der Waals surface area contributed by atoms with Crippen molar-refractivity contribution >= 4 is 45.5 Å². The molecule has 0 saturated carbocycles. The second-order valence-electron chi connectivity index (χ2n) is 8.16. The Kier molecular flexibility index (Phi) is 6.28. The lowest BCUT2D eigenvalue weighted by Gasteiger charge is -2.32. The smallest absolute Gasteiger partial charge is 0.275 e. The molecular formula is C25H22F2N6OS. The Morgan fingerprint density at radius 3 is 2.57 bits per heavy atom. The van der Waals surface area contributed by atoms with Crippen LogP contribution >= 0.6 is 12.2 Å². The Labute approximate surface area is 205 Å². The van der Waals surface area contributed by atoms with Crippen LogP contribution in [0, 0.1) is 0 Å². The van der Waals surface area contributed by atoms with E-state index in [0.717, 1.165) is 22.0 Å². The van der Waals surface area contributed by atoms with Gasteiger partial charge < -0.3 is 10.6 Å². The Balaban J connectivity index is 1.30. The Morgan fingerprint density at radius 2 is 1.77 bits per heavy atom. The molecule has 0 spiro atoms. The monoisotopic (exact) mass is 492 g/mol. The molecule has 0 radical (unpaired) electrons. The molecular weight excluding hydrogens is 470 g/mol. The number of amides is 1. The number of halogens is 2. The zero-order valence-corrected chi connectivity index (χ0v) is 19.2. The summed E-state index contributed by atoms with van der Waals surface area (Å²) in [4.78, 5) is 12.9. The minimum atomic E-state index is -2.63. The van der Waals surface area contributed by atoms with Crippen LogP contribution in [0.1, 0.15) is 34.4 Å². The van der Waals surface area contributed by atoms with E-state index in [9.17, 15) is 13.6 Å². The lowest BCUT2D eigenvalue weighted by atomic mass is 9.97. The molecule has 0 bridgehead atoms. The van der Waals surface area contributed by atoms with E-state index in [0.29, 0.717) is 0 Å². The van der Waals surface area contributed by atoms with Crippen molar-refractivity contribution in [2.45, 2.75) is 24.9 Å². The lowest BCUT2D eigenvalue weighted by Crippen LogP contribution is -2.44.